The number of hydrogen-bond donors (Lipinski definition) is 1. The zero-order chi connectivity index (χ0) is 10.3. The summed E-state index contributed by atoms with van der Waals surface area (Å²) < 4.78 is 0.634. The molecule has 2 rings (SSSR count). The van der Waals surface area contributed by atoms with Crippen molar-refractivity contribution in [2.45, 2.75) is 0 Å². The quantitative estimate of drug-likeness (QED) is 0.835. The number of aromatic carboxylic acids is 1. The van der Waals surface area contributed by atoms with Gasteiger partial charge >= 0.3 is 5.97 Å². The molecule has 1 N–H and O–H groups in total. The lowest BCUT2D eigenvalue weighted by atomic mass is 10.1. The standard InChI is InChI=1S/C10H5BrO3/c11-8-4-5(10(13)14)3-7-6(8)1-2-9(7)12/h1-4H,(H,13,14). The fraction of sp³-hybridized carbons (Fsp3) is 0. The zero-order valence-corrected chi connectivity index (χ0v) is 8.54. The van der Waals surface area contributed by atoms with E-state index in [0.717, 1.165) is 5.56 Å². The number of allylic oxidation sites excluding steroid dienone is 1. The molecule has 0 unspecified atom stereocenters. The molecule has 0 bridgehead atoms. The summed E-state index contributed by atoms with van der Waals surface area (Å²) in [6.45, 7) is 0. The van der Waals surface area contributed by atoms with Crippen LogP contribution in [0.5, 0.6) is 0 Å². The van der Waals surface area contributed by atoms with Crippen molar-refractivity contribution in [2.24, 2.45) is 0 Å². The molecule has 0 atom stereocenters. The normalized spacial score (nSPS) is 13.1. The molecular formula is C10H5BrO3. The van der Waals surface area contributed by atoms with E-state index in [1.807, 2.05) is 0 Å². The molecular weight excluding hydrogens is 248 g/mol. The van der Waals surface area contributed by atoms with Gasteiger partial charge in [-0.05, 0) is 29.8 Å². The van der Waals surface area contributed by atoms with Crippen molar-refractivity contribution in [3.05, 3.63) is 39.4 Å². The van der Waals surface area contributed by atoms with Crippen LogP contribution in [0.15, 0.2) is 22.7 Å². The predicted molar refractivity (Wildman–Crippen MR) is 54.5 cm³/mol. The highest BCUT2D eigenvalue weighted by molar-refractivity contribution is 9.10. The van der Waals surface area contributed by atoms with Crippen LogP contribution in [0.1, 0.15) is 26.3 Å². The van der Waals surface area contributed by atoms with E-state index >= 15 is 0 Å². The second-order valence-corrected chi connectivity index (χ2v) is 3.78. The van der Waals surface area contributed by atoms with Crippen LogP contribution >= 0.6 is 15.9 Å². The van der Waals surface area contributed by atoms with Gasteiger partial charge in [0.25, 0.3) is 0 Å². The van der Waals surface area contributed by atoms with Crippen molar-refractivity contribution >= 4 is 33.8 Å². The molecule has 0 spiro atoms. The monoisotopic (exact) mass is 252 g/mol. The Morgan fingerprint density at radius 2 is 2.00 bits per heavy atom. The van der Waals surface area contributed by atoms with Gasteiger partial charge in [-0.25, -0.2) is 4.79 Å². The van der Waals surface area contributed by atoms with Gasteiger partial charge in [0.15, 0.2) is 5.78 Å². The Balaban J connectivity index is 2.67. The minimum absolute atomic E-state index is 0.118. The number of rotatable bonds is 1. The van der Waals surface area contributed by atoms with Crippen LogP contribution in [0.4, 0.5) is 0 Å². The van der Waals surface area contributed by atoms with Crippen molar-refractivity contribution in [3.8, 4) is 0 Å². The van der Waals surface area contributed by atoms with Crippen molar-refractivity contribution in [1.29, 1.82) is 0 Å². The van der Waals surface area contributed by atoms with Crippen LogP contribution in [0, 0.1) is 0 Å². The fourth-order valence-corrected chi connectivity index (χ4v) is 1.96. The van der Waals surface area contributed by atoms with E-state index in [1.165, 1.54) is 18.2 Å². The maximum absolute atomic E-state index is 11.3. The number of carbonyl (C=O) groups excluding carboxylic acids is 1. The van der Waals surface area contributed by atoms with Crippen LogP contribution in [-0.2, 0) is 0 Å². The van der Waals surface area contributed by atoms with Crippen molar-refractivity contribution in [3.63, 3.8) is 0 Å². The molecule has 0 saturated carbocycles. The van der Waals surface area contributed by atoms with Gasteiger partial charge in [-0.1, -0.05) is 15.9 Å². The molecule has 0 aromatic heterocycles. The molecule has 0 aliphatic heterocycles. The lowest BCUT2D eigenvalue weighted by Crippen LogP contribution is -2.01. The Hall–Kier alpha value is -1.42. The Bertz CT molecular complexity index is 475. The third-order valence-corrected chi connectivity index (χ3v) is 2.70. The summed E-state index contributed by atoms with van der Waals surface area (Å²) in [5.41, 5.74) is 1.31. The second kappa shape index (κ2) is 3.06. The summed E-state index contributed by atoms with van der Waals surface area (Å²) in [6, 6.07) is 2.88. The molecule has 3 nitrogen and oxygen atoms in total. The van der Waals surface area contributed by atoms with Crippen LogP contribution in [0.25, 0.3) is 6.08 Å². The molecule has 0 heterocycles. The molecule has 14 heavy (non-hydrogen) atoms. The number of fused-ring (bicyclic) bond motifs is 1. The number of carboxylic acid groups (broad SMARTS) is 1. The van der Waals surface area contributed by atoms with Crippen molar-refractivity contribution in [2.75, 3.05) is 0 Å². The van der Waals surface area contributed by atoms with Crippen LogP contribution in [0.3, 0.4) is 0 Å². The van der Waals surface area contributed by atoms with E-state index < -0.39 is 5.97 Å². The third-order valence-electron chi connectivity index (χ3n) is 2.04. The fourth-order valence-electron chi connectivity index (χ4n) is 1.36. The number of halogens is 1. The number of carboxylic acids is 1. The summed E-state index contributed by atoms with van der Waals surface area (Å²) in [5.74, 6) is -1.18. The second-order valence-electron chi connectivity index (χ2n) is 2.92. The molecule has 1 aromatic rings. The average molecular weight is 253 g/mol. The Morgan fingerprint density at radius 1 is 1.29 bits per heavy atom. The first kappa shape index (κ1) is 9.15. The van der Waals surface area contributed by atoms with Crippen molar-refractivity contribution < 1.29 is 14.7 Å². The molecule has 0 saturated heterocycles. The molecule has 1 aliphatic rings. The summed E-state index contributed by atoms with van der Waals surface area (Å²) in [5, 5.41) is 8.77. The smallest absolute Gasteiger partial charge is 0.335 e. The first-order chi connectivity index (χ1) is 6.59. The highest BCUT2D eigenvalue weighted by Crippen LogP contribution is 2.29. The van der Waals surface area contributed by atoms with E-state index in [-0.39, 0.29) is 11.3 Å². The van der Waals surface area contributed by atoms with Crippen LogP contribution in [-0.4, -0.2) is 16.9 Å². The predicted octanol–water partition coefficient (Wildman–Crippen LogP) is 2.36. The number of ketones is 1. The van der Waals surface area contributed by atoms with E-state index in [4.69, 9.17) is 5.11 Å². The van der Waals surface area contributed by atoms with Gasteiger partial charge in [0, 0.05) is 10.0 Å². The van der Waals surface area contributed by atoms with Crippen molar-refractivity contribution in [1.82, 2.24) is 0 Å². The van der Waals surface area contributed by atoms with E-state index in [9.17, 15) is 9.59 Å². The SMILES string of the molecule is O=C(O)c1cc(Br)c2c(c1)C(=O)C=C2. The van der Waals surface area contributed by atoms with Gasteiger partial charge in [-0.15, -0.1) is 0 Å². The minimum atomic E-state index is -1.03. The highest BCUT2D eigenvalue weighted by Gasteiger charge is 2.19. The number of hydrogen-bond acceptors (Lipinski definition) is 2. The Labute approximate surface area is 88.2 Å². The summed E-state index contributed by atoms with van der Waals surface area (Å²) in [4.78, 5) is 22.0. The van der Waals surface area contributed by atoms with Gasteiger partial charge in [-0.2, -0.15) is 0 Å². The van der Waals surface area contributed by atoms with E-state index in [0.29, 0.717) is 10.0 Å². The summed E-state index contributed by atoms with van der Waals surface area (Å²) in [6.07, 6.45) is 3.11. The largest absolute Gasteiger partial charge is 0.478 e. The lowest BCUT2D eigenvalue weighted by molar-refractivity contribution is 0.0697. The minimum Gasteiger partial charge on any atom is -0.478 e. The van der Waals surface area contributed by atoms with Crippen LogP contribution in [0.2, 0.25) is 0 Å². The molecule has 70 valence electrons. The summed E-state index contributed by atoms with van der Waals surface area (Å²) in [7, 11) is 0. The first-order valence-corrected chi connectivity index (χ1v) is 4.68. The number of benzene rings is 1. The van der Waals surface area contributed by atoms with Gasteiger partial charge < -0.3 is 5.11 Å². The van der Waals surface area contributed by atoms with E-state index in [1.54, 1.807) is 6.08 Å². The van der Waals surface area contributed by atoms with E-state index in [2.05, 4.69) is 15.9 Å². The third kappa shape index (κ3) is 1.28. The molecule has 0 fully saturated rings. The molecule has 0 amide bonds. The molecule has 1 aromatic carbocycles. The average Bonchev–Trinajstić information content (AvgIpc) is 2.48. The highest BCUT2D eigenvalue weighted by atomic mass is 79.9. The topological polar surface area (TPSA) is 54.4 Å². The molecule has 0 radical (unpaired) electrons. The van der Waals surface area contributed by atoms with Gasteiger partial charge in [0.2, 0.25) is 0 Å². The zero-order valence-electron chi connectivity index (χ0n) is 6.95. The lowest BCUT2D eigenvalue weighted by Gasteiger charge is -2.02. The molecule has 1 aliphatic carbocycles. The number of carbonyl (C=O) groups is 2. The van der Waals surface area contributed by atoms with Gasteiger partial charge in [0.1, 0.15) is 0 Å². The first-order valence-electron chi connectivity index (χ1n) is 3.89. The molecule has 4 heteroatoms. The van der Waals surface area contributed by atoms with Gasteiger partial charge in [-0.3, -0.25) is 4.79 Å². The maximum atomic E-state index is 11.3. The Kier molecular flexibility index (Phi) is 2.00. The maximum Gasteiger partial charge on any atom is 0.335 e. The Morgan fingerprint density at radius 3 is 2.64 bits per heavy atom. The van der Waals surface area contributed by atoms with Crippen LogP contribution < -0.4 is 0 Å². The van der Waals surface area contributed by atoms with Gasteiger partial charge in [0.05, 0.1) is 5.56 Å². The summed E-state index contributed by atoms with van der Waals surface area (Å²) >= 11 is 3.23.